The van der Waals surface area contributed by atoms with E-state index in [1.54, 1.807) is 12.1 Å². The fourth-order valence-corrected chi connectivity index (χ4v) is 17.2. The normalized spacial score (nSPS) is 10.8. The van der Waals surface area contributed by atoms with Gasteiger partial charge < -0.3 is 10.2 Å². The molecule has 0 amide bonds. The van der Waals surface area contributed by atoms with Crippen molar-refractivity contribution in [1.29, 1.82) is 0 Å². The number of allylic oxidation sites excluding steroid dienone is 5. The summed E-state index contributed by atoms with van der Waals surface area (Å²) in [5.41, 5.74) is 27.2. The largest absolute Gasteiger partial charge is 0.310 e. The molecule has 0 aromatic heterocycles. The van der Waals surface area contributed by atoms with Crippen LogP contribution in [0, 0.1) is 5.82 Å². The van der Waals surface area contributed by atoms with Crippen LogP contribution in [0.25, 0.3) is 27.9 Å². The first kappa shape index (κ1) is 100. The number of halogens is 2. The lowest BCUT2D eigenvalue weighted by molar-refractivity contribution is 0.323. The molecule has 4 heteroatoms. The Balaban J connectivity index is 0.000000152. The molecular formula is C131H134ClFN2. The van der Waals surface area contributed by atoms with Gasteiger partial charge in [-0.25, -0.2) is 4.39 Å². The summed E-state index contributed by atoms with van der Waals surface area (Å²) in [6.07, 6.45) is 32.1. The van der Waals surface area contributed by atoms with E-state index in [9.17, 15) is 4.39 Å². The average Bonchev–Trinajstić information content (AvgIpc) is 0.865. The van der Waals surface area contributed by atoms with Gasteiger partial charge in [0.1, 0.15) is 5.82 Å². The van der Waals surface area contributed by atoms with E-state index in [4.69, 9.17) is 11.6 Å². The Hall–Kier alpha value is -13.6. The second-order valence-electron chi connectivity index (χ2n) is 34.4. The highest BCUT2D eigenvalue weighted by Gasteiger charge is 2.16. The maximum absolute atomic E-state index is 13.6. The Morgan fingerprint density at radius 3 is 0.859 bits per heavy atom. The van der Waals surface area contributed by atoms with Gasteiger partial charge in [0, 0.05) is 23.5 Å². The molecule has 135 heavy (non-hydrogen) atoms. The third-order valence-corrected chi connectivity index (χ3v) is 24.6. The van der Waals surface area contributed by atoms with E-state index in [1.807, 2.05) is 24.3 Å². The molecule has 2 nitrogen and oxygen atoms in total. The summed E-state index contributed by atoms with van der Waals surface area (Å²) in [6.45, 7) is 5.35. The zero-order chi connectivity index (χ0) is 93.3. The maximum Gasteiger partial charge on any atom is 0.126 e. The molecule has 16 aromatic rings. The summed E-state index contributed by atoms with van der Waals surface area (Å²) in [6, 6.07) is 166. The zero-order valence-corrected chi connectivity index (χ0v) is 79.9. The second kappa shape index (κ2) is 59.8. The van der Waals surface area contributed by atoms with Gasteiger partial charge in [-0.1, -0.05) is 516 Å². The van der Waals surface area contributed by atoms with Crippen LogP contribution in [0.5, 0.6) is 0 Å². The van der Waals surface area contributed by atoms with Gasteiger partial charge in [0.25, 0.3) is 0 Å². The highest BCUT2D eigenvalue weighted by molar-refractivity contribution is 6.30. The molecule has 0 heterocycles. The molecule has 0 saturated carbocycles. The summed E-state index contributed by atoms with van der Waals surface area (Å²) in [7, 11) is 2.20. The number of nitrogens with one attached hydrogen (secondary N) is 1. The monoisotopic (exact) mass is 1790 g/mol. The van der Waals surface area contributed by atoms with E-state index in [1.165, 1.54) is 150 Å². The third kappa shape index (κ3) is 36.0. The van der Waals surface area contributed by atoms with Gasteiger partial charge in [-0.05, 0) is 258 Å². The molecule has 0 aliphatic carbocycles. The summed E-state index contributed by atoms with van der Waals surface area (Å²) < 4.78 is 13.6. The fourth-order valence-electron chi connectivity index (χ4n) is 17.1. The smallest absolute Gasteiger partial charge is 0.126 e. The van der Waals surface area contributed by atoms with Crippen LogP contribution < -0.4 is 5.32 Å². The van der Waals surface area contributed by atoms with Crippen LogP contribution in [0.2, 0.25) is 5.02 Å². The third-order valence-electron chi connectivity index (χ3n) is 24.3. The Labute approximate surface area is 812 Å². The van der Waals surface area contributed by atoms with Crippen LogP contribution in [0.4, 0.5) is 4.39 Å². The number of hydrogen-bond acceptors (Lipinski definition) is 2. The first-order valence-corrected chi connectivity index (χ1v) is 49.3. The van der Waals surface area contributed by atoms with Crippen molar-refractivity contribution in [2.24, 2.45) is 0 Å². The number of rotatable bonds is 41. The van der Waals surface area contributed by atoms with Gasteiger partial charge in [0.05, 0.1) is 0 Å². The first-order valence-electron chi connectivity index (χ1n) is 48.9. The molecule has 1 N–H and O–H groups in total. The summed E-state index contributed by atoms with van der Waals surface area (Å²) in [5, 5.41) is 4.44. The second-order valence-corrected chi connectivity index (χ2v) is 34.9. The molecule has 0 aliphatic heterocycles. The van der Waals surface area contributed by atoms with E-state index in [0.29, 0.717) is 12.0 Å². The Morgan fingerprint density at radius 2 is 0.533 bits per heavy atom. The van der Waals surface area contributed by atoms with E-state index in [-0.39, 0.29) is 5.82 Å². The first-order chi connectivity index (χ1) is 66.8. The van der Waals surface area contributed by atoms with Crippen molar-refractivity contribution in [3.05, 3.63) is 603 Å². The predicted octanol–water partition coefficient (Wildman–Crippen LogP) is 35.4. The molecule has 0 fully saturated rings. The van der Waals surface area contributed by atoms with Crippen LogP contribution in [0.1, 0.15) is 211 Å². The van der Waals surface area contributed by atoms with Crippen LogP contribution in [0.3, 0.4) is 0 Å². The molecule has 0 radical (unpaired) electrons. The van der Waals surface area contributed by atoms with Gasteiger partial charge in [-0.15, -0.1) is 0 Å². The topological polar surface area (TPSA) is 15.3 Å². The van der Waals surface area contributed by atoms with Crippen LogP contribution in [-0.4, -0.2) is 25.0 Å². The van der Waals surface area contributed by atoms with E-state index >= 15 is 0 Å². The number of aryl methyl sites for hydroxylation is 2. The number of nitrogens with zero attached hydrogens (tertiary/aromatic N) is 1. The molecular weight excluding hydrogens is 1660 g/mol. The molecule has 16 rings (SSSR count). The SMILES string of the molecule is C(CCCCC(c1ccccc1)c1ccccc1)=C(c1ccccc1)c1ccccc1.CC(NCCCC=C(c1ccccc1)c1ccccc1)c1ccccc1.CN(CCCC=C(c1ccccc1)c1ccccc1)Cc1ccccc1.Clc1ccc(CCCCCC=C(c2ccccc2)c2ccccc2)cc1.Fc1ccccc1CCCCCC=C(c1ccccc1)c1ccccc1. The Kier molecular flexibility index (Phi) is 44.4. The van der Waals surface area contributed by atoms with E-state index in [2.05, 4.69) is 491 Å². The minimum absolute atomic E-state index is 0.0807. The number of unbranched alkanes of at least 4 members (excludes halogenated alkanes) is 10. The fraction of sp³-hybridized carbons (Fsp3) is 0.191. The highest BCUT2D eigenvalue weighted by Crippen LogP contribution is 2.34. The lowest BCUT2D eigenvalue weighted by atomic mass is 9.87. The quantitative estimate of drug-likeness (QED) is 0.0384. The van der Waals surface area contributed by atoms with Crippen molar-refractivity contribution in [2.45, 2.75) is 141 Å². The molecule has 1 atom stereocenters. The standard InChI is InChI=1S/C31H30.C25H25Cl.C25H25F.2C25H27N/c1-6-16-26(17-7-1)30(27-18-8-2-9-19-27)24-14-5-15-25-31(28-20-10-3-11-21-28)29-22-12-4-13-23-29;26-24-19-17-21(18-20-24)11-5-1-2-10-16-25(22-12-6-3-7-13-22)23-14-8-4-9-15-23;26-25-20-12-11-18-23(25)17-5-1-2-10-19-24(21-13-6-3-7-14-21)22-15-8-4-9-16-22;1-26(21-22-13-5-2-6-14-22)20-12-11-19-25(23-15-7-3-8-16-23)24-17-9-4-10-18-24;1-21(22-13-5-2-6-14-22)26-20-12-11-19-25(23-15-7-3-8-16-23)24-17-9-4-10-18-24/h1-4,6-13,16-24,31H,5,14-15,25H2;3-4,6-9,12-20H,1-2,5,10-11H2;3-4,6-9,11-16,18-20H,1-2,5,10,17H2;2-10,13-19H,11-12,20-21H2,1H3;2-10,13-19,21,26H,11-12,20H2,1H3. The summed E-state index contributed by atoms with van der Waals surface area (Å²) >= 11 is 5.94. The van der Waals surface area contributed by atoms with Crippen LogP contribution in [-0.2, 0) is 19.4 Å². The van der Waals surface area contributed by atoms with E-state index < -0.39 is 0 Å². The van der Waals surface area contributed by atoms with E-state index in [0.717, 1.165) is 107 Å². The van der Waals surface area contributed by atoms with Gasteiger partial charge in [0.15, 0.2) is 0 Å². The van der Waals surface area contributed by atoms with Gasteiger partial charge in [-0.2, -0.15) is 0 Å². The van der Waals surface area contributed by atoms with Crippen molar-refractivity contribution >= 4 is 39.5 Å². The van der Waals surface area contributed by atoms with Crippen molar-refractivity contribution in [3.8, 4) is 0 Å². The molecule has 0 aliphatic rings. The molecule has 16 aromatic carbocycles. The van der Waals surface area contributed by atoms with Gasteiger partial charge in [0.2, 0.25) is 0 Å². The number of hydrogen-bond donors (Lipinski definition) is 1. The highest BCUT2D eigenvalue weighted by atomic mass is 35.5. The molecule has 0 saturated heterocycles. The molecule has 0 bridgehead atoms. The summed E-state index contributed by atoms with van der Waals surface area (Å²) in [4.78, 5) is 2.40. The predicted molar refractivity (Wildman–Crippen MR) is 579 cm³/mol. The van der Waals surface area contributed by atoms with Crippen molar-refractivity contribution in [1.82, 2.24) is 10.2 Å². The number of benzene rings is 16. The minimum Gasteiger partial charge on any atom is -0.310 e. The molecule has 682 valence electrons. The molecule has 0 spiro atoms. The average molecular weight is 1790 g/mol. The lowest BCUT2D eigenvalue weighted by Gasteiger charge is -2.18. The van der Waals surface area contributed by atoms with Crippen molar-refractivity contribution in [2.75, 3.05) is 20.1 Å². The lowest BCUT2D eigenvalue weighted by Crippen LogP contribution is -2.19. The Bertz CT molecular complexity index is 5760. The van der Waals surface area contributed by atoms with Crippen molar-refractivity contribution in [3.63, 3.8) is 0 Å². The van der Waals surface area contributed by atoms with Gasteiger partial charge in [-0.3, -0.25) is 0 Å². The zero-order valence-electron chi connectivity index (χ0n) is 79.1. The Morgan fingerprint density at radius 1 is 0.267 bits per heavy atom. The van der Waals surface area contributed by atoms with Gasteiger partial charge >= 0.3 is 0 Å². The maximum atomic E-state index is 13.6. The minimum atomic E-state index is -0.0807. The van der Waals surface area contributed by atoms with Crippen molar-refractivity contribution < 1.29 is 4.39 Å². The summed E-state index contributed by atoms with van der Waals surface area (Å²) in [5.74, 6) is 0.386. The molecule has 1 unspecified atom stereocenters. The van der Waals surface area contributed by atoms with Crippen LogP contribution in [0.15, 0.2) is 504 Å². The van der Waals surface area contributed by atoms with Crippen LogP contribution >= 0.6 is 11.6 Å².